The highest BCUT2D eigenvalue weighted by Gasteiger charge is 2.27. The van der Waals surface area contributed by atoms with Crippen LogP contribution in [-0.4, -0.2) is 37.2 Å². The minimum absolute atomic E-state index is 0.113. The van der Waals surface area contributed by atoms with Gasteiger partial charge >= 0.3 is 0 Å². The minimum Gasteiger partial charge on any atom is -0.394 e. The number of rotatable bonds is 7. The van der Waals surface area contributed by atoms with Crippen molar-refractivity contribution >= 4 is 5.71 Å². The average molecular weight is 281 g/mol. The van der Waals surface area contributed by atoms with Crippen LogP contribution in [0.4, 0.5) is 0 Å². The van der Waals surface area contributed by atoms with E-state index < -0.39 is 0 Å². The lowest BCUT2D eigenvalue weighted by Crippen LogP contribution is -2.28. The fourth-order valence-corrected chi connectivity index (χ4v) is 3.79. The van der Waals surface area contributed by atoms with E-state index >= 15 is 0 Å². The van der Waals surface area contributed by atoms with Crippen molar-refractivity contribution < 1.29 is 9.84 Å². The number of aliphatic hydroxyl groups is 1. The van der Waals surface area contributed by atoms with Gasteiger partial charge < -0.3 is 9.84 Å². The summed E-state index contributed by atoms with van der Waals surface area (Å²) < 4.78 is 5.35. The number of nitrogens with zero attached hydrogens (tertiary/aromatic N) is 1. The Morgan fingerprint density at radius 2 is 1.40 bits per heavy atom. The molecule has 0 radical (unpaired) electrons. The van der Waals surface area contributed by atoms with Crippen molar-refractivity contribution in [1.29, 1.82) is 0 Å². The first-order chi connectivity index (χ1) is 9.92. The van der Waals surface area contributed by atoms with Crippen LogP contribution in [0.25, 0.3) is 0 Å². The molecular weight excluding hydrogens is 250 g/mol. The highest BCUT2D eigenvalue weighted by atomic mass is 16.5. The van der Waals surface area contributed by atoms with Crippen LogP contribution in [0.2, 0.25) is 0 Å². The molecule has 0 aromatic rings. The first-order valence-electron chi connectivity index (χ1n) is 8.64. The Hall–Kier alpha value is -0.410. The van der Waals surface area contributed by atoms with E-state index in [-0.39, 0.29) is 6.61 Å². The Kier molecular flexibility index (Phi) is 7.60. The van der Waals surface area contributed by atoms with E-state index in [2.05, 4.69) is 0 Å². The molecule has 2 aliphatic rings. The van der Waals surface area contributed by atoms with E-state index in [1.54, 1.807) is 0 Å². The van der Waals surface area contributed by atoms with Gasteiger partial charge in [-0.2, -0.15) is 0 Å². The van der Waals surface area contributed by atoms with Crippen LogP contribution in [0.3, 0.4) is 0 Å². The molecule has 0 aliphatic heterocycles. The molecule has 0 unspecified atom stereocenters. The summed E-state index contributed by atoms with van der Waals surface area (Å²) in [5.74, 6) is 1.51. The largest absolute Gasteiger partial charge is 0.394 e. The summed E-state index contributed by atoms with van der Waals surface area (Å²) in [6.45, 7) is 1.99. The van der Waals surface area contributed by atoms with Crippen LogP contribution in [0.5, 0.6) is 0 Å². The van der Waals surface area contributed by atoms with Crippen LogP contribution in [0.15, 0.2) is 4.99 Å². The second-order valence-corrected chi connectivity index (χ2v) is 6.31. The van der Waals surface area contributed by atoms with Gasteiger partial charge in [0, 0.05) is 5.71 Å². The lowest BCUT2D eigenvalue weighted by atomic mass is 9.76. The fraction of sp³-hybridized carbons (Fsp3) is 0.941. The molecule has 0 bridgehead atoms. The second kappa shape index (κ2) is 9.51. The fourth-order valence-electron chi connectivity index (χ4n) is 3.79. The van der Waals surface area contributed by atoms with Gasteiger partial charge in [0.05, 0.1) is 26.4 Å². The Bertz CT molecular complexity index is 259. The summed E-state index contributed by atoms with van der Waals surface area (Å²) in [7, 11) is 0. The molecular formula is C17H31NO2. The van der Waals surface area contributed by atoms with Crippen LogP contribution in [0, 0.1) is 11.8 Å². The third kappa shape index (κ3) is 5.17. The van der Waals surface area contributed by atoms with Gasteiger partial charge in [-0.15, -0.1) is 0 Å². The number of hydrogen-bond acceptors (Lipinski definition) is 3. The Morgan fingerprint density at radius 3 is 1.90 bits per heavy atom. The van der Waals surface area contributed by atoms with Crippen molar-refractivity contribution in [3.63, 3.8) is 0 Å². The van der Waals surface area contributed by atoms with Crippen molar-refractivity contribution in [2.24, 2.45) is 16.8 Å². The maximum Gasteiger partial charge on any atom is 0.0698 e. The van der Waals surface area contributed by atoms with Crippen LogP contribution < -0.4 is 0 Å². The van der Waals surface area contributed by atoms with Crippen molar-refractivity contribution in [2.75, 3.05) is 26.4 Å². The summed E-state index contributed by atoms with van der Waals surface area (Å²) in [6.07, 6.45) is 13.8. The molecule has 1 N–H and O–H groups in total. The zero-order valence-corrected chi connectivity index (χ0v) is 12.9. The van der Waals surface area contributed by atoms with Gasteiger partial charge in [0.15, 0.2) is 0 Å². The molecule has 2 saturated carbocycles. The zero-order valence-electron chi connectivity index (χ0n) is 12.9. The SMILES string of the molecule is OCCOCCN=C(C1CCCCC1)C1CCCCC1. The highest BCUT2D eigenvalue weighted by Crippen LogP contribution is 2.33. The maximum absolute atomic E-state index is 8.72. The predicted octanol–water partition coefficient (Wildman–Crippen LogP) is 3.60. The lowest BCUT2D eigenvalue weighted by Gasteiger charge is -2.31. The molecule has 0 aromatic carbocycles. The molecule has 3 nitrogen and oxygen atoms in total. The summed E-state index contributed by atoms with van der Waals surface area (Å²) >= 11 is 0. The number of ether oxygens (including phenoxy) is 1. The van der Waals surface area contributed by atoms with Gasteiger partial charge in [-0.1, -0.05) is 38.5 Å². The monoisotopic (exact) mass is 281 g/mol. The Morgan fingerprint density at radius 1 is 0.850 bits per heavy atom. The Labute approximate surface area is 123 Å². The van der Waals surface area contributed by atoms with Gasteiger partial charge in [0.1, 0.15) is 0 Å². The molecule has 2 fully saturated rings. The standard InChI is InChI=1S/C17H31NO2/c19-12-14-20-13-11-18-17(15-7-3-1-4-8-15)16-9-5-2-6-10-16/h15-16,19H,1-14H2. The summed E-state index contributed by atoms with van der Waals surface area (Å²) in [6, 6.07) is 0. The predicted molar refractivity (Wildman–Crippen MR) is 83.4 cm³/mol. The number of aliphatic hydroxyl groups excluding tert-OH is 1. The summed E-state index contributed by atoms with van der Waals surface area (Å²) in [5.41, 5.74) is 1.52. The van der Waals surface area contributed by atoms with Crippen molar-refractivity contribution in [3.05, 3.63) is 0 Å². The van der Waals surface area contributed by atoms with E-state index in [0.29, 0.717) is 13.2 Å². The van der Waals surface area contributed by atoms with E-state index in [0.717, 1.165) is 18.4 Å². The van der Waals surface area contributed by atoms with E-state index in [1.807, 2.05) is 0 Å². The molecule has 2 rings (SSSR count). The zero-order chi connectivity index (χ0) is 14.0. The van der Waals surface area contributed by atoms with Gasteiger partial charge in [0.2, 0.25) is 0 Å². The van der Waals surface area contributed by atoms with Crippen LogP contribution >= 0.6 is 0 Å². The molecule has 20 heavy (non-hydrogen) atoms. The second-order valence-electron chi connectivity index (χ2n) is 6.31. The normalized spacial score (nSPS) is 21.9. The van der Waals surface area contributed by atoms with Gasteiger partial charge in [0.25, 0.3) is 0 Å². The third-order valence-electron chi connectivity index (χ3n) is 4.81. The van der Waals surface area contributed by atoms with E-state index in [4.69, 9.17) is 14.8 Å². The molecule has 116 valence electrons. The molecule has 0 spiro atoms. The van der Waals surface area contributed by atoms with Gasteiger partial charge in [-0.05, 0) is 37.5 Å². The number of aliphatic imine (C=N–C) groups is 1. The molecule has 2 aliphatic carbocycles. The van der Waals surface area contributed by atoms with Gasteiger partial charge in [-0.3, -0.25) is 4.99 Å². The first-order valence-corrected chi connectivity index (χ1v) is 8.64. The first kappa shape index (κ1) is 16.0. The van der Waals surface area contributed by atoms with Crippen LogP contribution in [-0.2, 0) is 4.74 Å². The third-order valence-corrected chi connectivity index (χ3v) is 4.81. The molecule has 3 heteroatoms. The lowest BCUT2D eigenvalue weighted by molar-refractivity contribution is 0.0976. The average Bonchev–Trinajstić information content (AvgIpc) is 2.53. The molecule has 0 aromatic heterocycles. The quantitative estimate of drug-likeness (QED) is 0.572. The smallest absolute Gasteiger partial charge is 0.0698 e. The van der Waals surface area contributed by atoms with Crippen molar-refractivity contribution in [2.45, 2.75) is 64.2 Å². The topological polar surface area (TPSA) is 41.8 Å². The number of hydrogen-bond donors (Lipinski definition) is 1. The van der Waals surface area contributed by atoms with Crippen molar-refractivity contribution in [3.8, 4) is 0 Å². The minimum atomic E-state index is 0.113. The Balaban J connectivity index is 1.89. The van der Waals surface area contributed by atoms with E-state index in [9.17, 15) is 0 Å². The van der Waals surface area contributed by atoms with Crippen LogP contribution in [0.1, 0.15) is 64.2 Å². The molecule has 0 atom stereocenters. The van der Waals surface area contributed by atoms with E-state index in [1.165, 1.54) is 69.9 Å². The summed E-state index contributed by atoms with van der Waals surface area (Å²) in [5, 5.41) is 8.72. The highest BCUT2D eigenvalue weighted by molar-refractivity contribution is 5.89. The van der Waals surface area contributed by atoms with Crippen molar-refractivity contribution in [1.82, 2.24) is 0 Å². The molecule has 0 saturated heterocycles. The molecule has 0 amide bonds. The molecule has 0 heterocycles. The van der Waals surface area contributed by atoms with Gasteiger partial charge in [-0.25, -0.2) is 0 Å². The summed E-state index contributed by atoms with van der Waals surface area (Å²) in [4.78, 5) is 4.95. The maximum atomic E-state index is 8.72.